The molecule has 4 heteroatoms. The van der Waals surface area contributed by atoms with E-state index in [2.05, 4.69) is 10.3 Å². The molecular weight excluding hydrogens is 303 g/mol. The molecule has 3 nitrogen and oxygen atoms in total. The fourth-order valence-electron chi connectivity index (χ4n) is 2.77. The molecule has 0 aliphatic heterocycles. The number of rotatable bonds is 5. The van der Waals surface area contributed by atoms with E-state index in [-0.39, 0.29) is 11.2 Å². The fourth-order valence-corrected chi connectivity index (χ4v) is 2.77. The first-order chi connectivity index (χ1) is 11.4. The molecular formula is C20H25FN2O. The highest BCUT2D eigenvalue weighted by molar-refractivity contribution is 5.39. The highest BCUT2D eigenvalue weighted by Crippen LogP contribution is 2.28. The molecule has 0 saturated heterocycles. The van der Waals surface area contributed by atoms with E-state index in [0.717, 1.165) is 11.4 Å². The quantitative estimate of drug-likeness (QED) is 0.833. The van der Waals surface area contributed by atoms with Gasteiger partial charge in [0.25, 0.3) is 0 Å². The van der Waals surface area contributed by atoms with Crippen LogP contribution in [-0.4, -0.2) is 11.0 Å². The highest BCUT2D eigenvalue weighted by atomic mass is 19.1. The monoisotopic (exact) mass is 328 g/mol. The first-order valence-electron chi connectivity index (χ1n) is 8.56. The number of hydrogen-bond acceptors (Lipinski definition) is 3. The lowest BCUT2D eigenvalue weighted by atomic mass is 9.87. The predicted molar refractivity (Wildman–Crippen MR) is 94.9 cm³/mol. The number of aromatic nitrogens is 1. The summed E-state index contributed by atoms with van der Waals surface area (Å²) in [5, 5.41) is 3.42. The van der Waals surface area contributed by atoms with E-state index in [1.54, 1.807) is 12.3 Å². The van der Waals surface area contributed by atoms with Crippen LogP contribution in [0.25, 0.3) is 0 Å². The van der Waals surface area contributed by atoms with Crippen molar-refractivity contribution in [3.63, 3.8) is 0 Å². The zero-order chi connectivity index (χ0) is 17.2. The van der Waals surface area contributed by atoms with Crippen LogP contribution in [0.15, 0.2) is 36.5 Å². The smallest absolute Gasteiger partial charge is 0.130 e. The Labute approximate surface area is 143 Å². The number of nitrogens with one attached hydrogen (secondary N) is 1. The maximum Gasteiger partial charge on any atom is 0.130 e. The van der Waals surface area contributed by atoms with Crippen LogP contribution in [0.3, 0.4) is 0 Å². The second-order valence-electron chi connectivity index (χ2n) is 7.50. The highest BCUT2D eigenvalue weighted by Gasteiger charge is 2.19. The van der Waals surface area contributed by atoms with Crippen molar-refractivity contribution in [2.24, 2.45) is 0 Å². The van der Waals surface area contributed by atoms with Crippen LogP contribution >= 0.6 is 0 Å². The molecule has 1 aromatic heterocycles. The number of nitrogens with zero attached hydrogens (tertiary/aromatic N) is 1. The minimum atomic E-state index is -0.220. The van der Waals surface area contributed by atoms with Gasteiger partial charge >= 0.3 is 0 Å². The van der Waals surface area contributed by atoms with Crippen LogP contribution in [0.4, 0.5) is 10.2 Å². The van der Waals surface area contributed by atoms with Gasteiger partial charge < -0.3 is 10.1 Å². The molecule has 3 rings (SSSR count). The van der Waals surface area contributed by atoms with Gasteiger partial charge in [0.05, 0.1) is 0 Å². The van der Waals surface area contributed by atoms with Crippen molar-refractivity contribution in [2.45, 2.75) is 58.1 Å². The molecule has 2 aromatic rings. The van der Waals surface area contributed by atoms with Gasteiger partial charge in [-0.25, -0.2) is 9.37 Å². The minimum absolute atomic E-state index is 0.212. The molecule has 1 aliphatic carbocycles. The summed E-state index contributed by atoms with van der Waals surface area (Å²) in [5.74, 6) is 1.21. The number of ether oxygens (including phenoxy) is 1. The maximum atomic E-state index is 14.2. The molecule has 0 radical (unpaired) electrons. The van der Waals surface area contributed by atoms with Gasteiger partial charge in [0.2, 0.25) is 0 Å². The third-order valence-electron chi connectivity index (χ3n) is 4.44. The van der Waals surface area contributed by atoms with E-state index in [9.17, 15) is 4.39 Å². The van der Waals surface area contributed by atoms with E-state index in [4.69, 9.17) is 4.74 Å². The number of halogens is 1. The number of anilines is 1. The second kappa shape index (κ2) is 6.80. The summed E-state index contributed by atoms with van der Waals surface area (Å²) < 4.78 is 20.0. The Morgan fingerprint density at radius 2 is 2.00 bits per heavy atom. The van der Waals surface area contributed by atoms with E-state index >= 15 is 0 Å². The standard InChI is InChI=1S/C20H25FN2O/c1-20(2,3)17-8-7-16(12-18(17)21)24-13-14-9-10-22-19(11-14)23-15-5-4-6-15/h7-12,15H,4-6,13H2,1-3H3,(H,22,23). The van der Waals surface area contributed by atoms with E-state index in [1.165, 1.54) is 25.3 Å². The van der Waals surface area contributed by atoms with Gasteiger partial charge in [0.1, 0.15) is 24.0 Å². The average Bonchev–Trinajstić information content (AvgIpc) is 2.48. The molecule has 0 atom stereocenters. The minimum Gasteiger partial charge on any atom is -0.489 e. The molecule has 0 unspecified atom stereocenters. The lowest BCUT2D eigenvalue weighted by Crippen LogP contribution is -2.27. The number of benzene rings is 1. The van der Waals surface area contributed by atoms with Crippen molar-refractivity contribution in [3.8, 4) is 5.75 Å². The Kier molecular flexibility index (Phi) is 4.74. The Balaban J connectivity index is 1.63. The summed E-state index contributed by atoms with van der Waals surface area (Å²) in [5.41, 5.74) is 1.51. The van der Waals surface area contributed by atoms with Gasteiger partial charge in [-0.05, 0) is 54.0 Å². The molecule has 0 spiro atoms. The first-order valence-corrected chi connectivity index (χ1v) is 8.56. The molecule has 1 heterocycles. The van der Waals surface area contributed by atoms with E-state index < -0.39 is 0 Å². The largest absolute Gasteiger partial charge is 0.489 e. The van der Waals surface area contributed by atoms with Crippen LogP contribution < -0.4 is 10.1 Å². The Hall–Kier alpha value is -2.10. The van der Waals surface area contributed by atoms with Gasteiger partial charge in [0.15, 0.2) is 0 Å². The molecule has 1 aromatic carbocycles. The van der Waals surface area contributed by atoms with Crippen molar-refractivity contribution in [1.82, 2.24) is 4.98 Å². The van der Waals surface area contributed by atoms with E-state index in [0.29, 0.717) is 24.0 Å². The van der Waals surface area contributed by atoms with Gasteiger partial charge in [0, 0.05) is 18.3 Å². The Morgan fingerprint density at radius 3 is 2.62 bits per heavy atom. The molecule has 128 valence electrons. The summed E-state index contributed by atoms with van der Waals surface area (Å²) in [6.07, 6.45) is 5.49. The first kappa shape index (κ1) is 16.7. The molecule has 0 amide bonds. The molecule has 0 bridgehead atoms. The molecule has 1 aliphatic rings. The van der Waals surface area contributed by atoms with Crippen molar-refractivity contribution in [3.05, 3.63) is 53.5 Å². The topological polar surface area (TPSA) is 34.1 Å². The van der Waals surface area contributed by atoms with Gasteiger partial charge in [-0.2, -0.15) is 0 Å². The number of hydrogen-bond donors (Lipinski definition) is 1. The van der Waals surface area contributed by atoms with Crippen LogP contribution in [-0.2, 0) is 12.0 Å². The molecule has 1 N–H and O–H groups in total. The van der Waals surface area contributed by atoms with Crippen LogP contribution in [0.5, 0.6) is 5.75 Å². The zero-order valence-corrected chi connectivity index (χ0v) is 14.6. The summed E-state index contributed by atoms with van der Waals surface area (Å²) >= 11 is 0. The van der Waals surface area contributed by atoms with Crippen molar-refractivity contribution in [1.29, 1.82) is 0 Å². The normalized spacial score (nSPS) is 15.0. The number of pyridine rings is 1. The zero-order valence-electron chi connectivity index (χ0n) is 14.6. The van der Waals surface area contributed by atoms with Gasteiger partial charge in [-0.15, -0.1) is 0 Å². The summed E-state index contributed by atoms with van der Waals surface area (Å²) in [6, 6.07) is 9.58. The van der Waals surface area contributed by atoms with Crippen molar-refractivity contribution >= 4 is 5.82 Å². The van der Waals surface area contributed by atoms with Crippen molar-refractivity contribution < 1.29 is 9.13 Å². The average molecular weight is 328 g/mol. The molecule has 24 heavy (non-hydrogen) atoms. The summed E-state index contributed by atoms with van der Waals surface area (Å²) in [6.45, 7) is 6.40. The SMILES string of the molecule is CC(C)(C)c1ccc(OCc2ccnc(NC3CCC3)c2)cc1F. The Morgan fingerprint density at radius 1 is 1.21 bits per heavy atom. The van der Waals surface area contributed by atoms with Crippen LogP contribution in [0, 0.1) is 5.82 Å². The lowest BCUT2D eigenvalue weighted by molar-refractivity contribution is 0.304. The van der Waals surface area contributed by atoms with E-state index in [1.807, 2.05) is 39.0 Å². The van der Waals surface area contributed by atoms with Crippen LogP contribution in [0.1, 0.15) is 51.2 Å². The van der Waals surface area contributed by atoms with Gasteiger partial charge in [-0.3, -0.25) is 0 Å². The third kappa shape index (κ3) is 4.05. The lowest BCUT2D eigenvalue weighted by Gasteiger charge is -2.27. The molecule has 1 fully saturated rings. The summed E-state index contributed by atoms with van der Waals surface area (Å²) in [4.78, 5) is 4.34. The second-order valence-corrected chi connectivity index (χ2v) is 7.50. The third-order valence-corrected chi connectivity index (χ3v) is 4.44. The Bertz CT molecular complexity index is 705. The van der Waals surface area contributed by atoms with Crippen molar-refractivity contribution in [2.75, 3.05) is 5.32 Å². The fraction of sp³-hybridized carbons (Fsp3) is 0.450. The molecule has 1 saturated carbocycles. The van der Waals surface area contributed by atoms with Crippen LogP contribution in [0.2, 0.25) is 0 Å². The summed E-state index contributed by atoms with van der Waals surface area (Å²) in [7, 11) is 0. The predicted octanol–water partition coefficient (Wildman–Crippen LogP) is 5.06. The van der Waals surface area contributed by atoms with Gasteiger partial charge in [-0.1, -0.05) is 26.8 Å². The maximum absolute atomic E-state index is 14.2.